The van der Waals surface area contributed by atoms with E-state index in [9.17, 15) is 18.4 Å². The molecule has 0 aliphatic rings. The number of ether oxygens (including phenoxy) is 1. The number of carbonyl (C=O) groups is 2. The van der Waals surface area contributed by atoms with Crippen molar-refractivity contribution in [3.63, 3.8) is 0 Å². The van der Waals surface area contributed by atoms with Crippen LogP contribution in [0.1, 0.15) is 32.3 Å². The molecule has 3 aromatic heterocycles. The van der Waals surface area contributed by atoms with Crippen molar-refractivity contribution in [1.82, 2.24) is 14.8 Å². The molecule has 8 nitrogen and oxygen atoms in total. The lowest BCUT2D eigenvalue weighted by atomic mass is 10.0. The van der Waals surface area contributed by atoms with Crippen LogP contribution >= 0.6 is 22.9 Å². The van der Waals surface area contributed by atoms with Gasteiger partial charge in [-0.15, -0.1) is 11.3 Å². The molecular formula is C26H18ClF2N5O3S. The van der Waals surface area contributed by atoms with Crippen LogP contribution in [0.15, 0.2) is 72.9 Å². The van der Waals surface area contributed by atoms with E-state index in [1.165, 1.54) is 23.0 Å². The number of anilines is 1. The van der Waals surface area contributed by atoms with Gasteiger partial charge >= 0.3 is 0 Å². The highest BCUT2D eigenvalue weighted by Crippen LogP contribution is 2.42. The Bertz CT molecular complexity index is 1640. The Morgan fingerprint density at radius 3 is 2.53 bits per heavy atom. The average Bonchev–Trinajstić information content (AvgIpc) is 3.53. The van der Waals surface area contributed by atoms with Gasteiger partial charge in [0, 0.05) is 16.6 Å². The molecule has 0 aliphatic heterocycles. The molecule has 0 bridgehead atoms. The van der Waals surface area contributed by atoms with Crippen molar-refractivity contribution in [2.75, 3.05) is 5.32 Å². The fourth-order valence-corrected chi connectivity index (χ4v) is 4.98. The number of nitrogens with one attached hydrogen (secondary N) is 1. The number of amides is 2. The second kappa shape index (κ2) is 10.6. The first-order valence-electron chi connectivity index (χ1n) is 11.1. The van der Waals surface area contributed by atoms with E-state index in [0.717, 1.165) is 11.3 Å². The van der Waals surface area contributed by atoms with E-state index in [1.807, 2.05) is 0 Å². The van der Waals surface area contributed by atoms with E-state index in [2.05, 4.69) is 15.4 Å². The Labute approximate surface area is 223 Å². The molecule has 0 fully saturated rings. The molecule has 12 heteroatoms. The van der Waals surface area contributed by atoms with Gasteiger partial charge in [0.25, 0.3) is 18.2 Å². The van der Waals surface area contributed by atoms with Crippen LogP contribution in [0, 0.1) is 0 Å². The maximum absolute atomic E-state index is 13.7. The maximum atomic E-state index is 13.7. The standard InChI is InChI=1S/C26H18ClF2N5O3S/c27-15-6-8-16(9-7-15)37-13-34-19(10-11-31-34)25(36)33-21-20-17(14-4-2-1-3-5-14)12-18(23(28)29)32-26(20)38-22(21)24(30)35/h1-12,23H,13H2,(H2,30,35)(H,33,36). The Kier molecular flexibility index (Phi) is 7.03. The summed E-state index contributed by atoms with van der Waals surface area (Å²) >= 11 is 6.73. The summed E-state index contributed by atoms with van der Waals surface area (Å²) in [6.07, 6.45) is -1.42. The predicted octanol–water partition coefficient (Wildman–Crippen LogP) is 6.14. The molecule has 2 aromatic carbocycles. The normalized spacial score (nSPS) is 11.2. The molecule has 0 spiro atoms. The highest BCUT2D eigenvalue weighted by Gasteiger charge is 2.26. The minimum atomic E-state index is -2.84. The lowest BCUT2D eigenvalue weighted by Crippen LogP contribution is -2.21. The second-order valence-electron chi connectivity index (χ2n) is 8.01. The number of hydrogen-bond donors (Lipinski definition) is 2. The lowest BCUT2D eigenvalue weighted by molar-refractivity contribution is 0.100. The molecule has 0 radical (unpaired) electrons. The summed E-state index contributed by atoms with van der Waals surface area (Å²) in [5.74, 6) is -0.925. The van der Waals surface area contributed by atoms with Gasteiger partial charge in [-0.05, 0) is 47.5 Å². The third-order valence-electron chi connectivity index (χ3n) is 5.57. The topological polar surface area (TPSA) is 112 Å². The second-order valence-corrected chi connectivity index (χ2v) is 9.44. The zero-order valence-electron chi connectivity index (χ0n) is 19.4. The lowest BCUT2D eigenvalue weighted by Gasteiger charge is -2.12. The van der Waals surface area contributed by atoms with E-state index in [4.69, 9.17) is 22.1 Å². The van der Waals surface area contributed by atoms with E-state index in [-0.39, 0.29) is 27.8 Å². The monoisotopic (exact) mass is 553 g/mol. The van der Waals surface area contributed by atoms with Gasteiger partial charge in [0.15, 0.2) is 6.73 Å². The van der Waals surface area contributed by atoms with E-state index in [1.54, 1.807) is 54.6 Å². The van der Waals surface area contributed by atoms with Gasteiger partial charge in [0.05, 0.1) is 5.69 Å². The molecule has 0 unspecified atom stereocenters. The van der Waals surface area contributed by atoms with Crippen molar-refractivity contribution in [2.24, 2.45) is 5.73 Å². The van der Waals surface area contributed by atoms with E-state index < -0.39 is 23.9 Å². The first kappa shape index (κ1) is 25.3. The van der Waals surface area contributed by atoms with Crippen molar-refractivity contribution < 1.29 is 23.1 Å². The van der Waals surface area contributed by atoms with Crippen LogP contribution < -0.4 is 15.8 Å². The summed E-state index contributed by atoms with van der Waals surface area (Å²) in [4.78, 5) is 29.9. The summed E-state index contributed by atoms with van der Waals surface area (Å²) in [5.41, 5.74) is 6.35. The van der Waals surface area contributed by atoms with Crippen LogP contribution in [0.2, 0.25) is 5.02 Å². The number of rotatable bonds is 8. The van der Waals surface area contributed by atoms with E-state index >= 15 is 0 Å². The number of nitrogens with zero attached hydrogens (tertiary/aromatic N) is 3. The summed E-state index contributed by atoms with van der Waals surface area (Å²) < 4.78 is 34.3. The molecule has 0 aliphatic carbocycles. The van der Waals surface area contributed by atoms with Crippen molar-refractivity contribution in [3.05, 3.63) is 94.2 Å². The molecule has 0 atom stereocenters. The van der Waals surface area contributed by atoms with Crippen LogP contribution in [0.25, 0.3) is 21.3 Å². The summed E-state index contributed by atoms with van der Waals surface area (Å²) in [6.45, 7) is -0.0843. The Morgan fingerprint density at radius 2 is 1.84 bits per heavy atom. The van der Waals surface area contributed by atoms with Crippen molar-refractivity contribution in [1.29, 1.82) is 0 Å². The molecule has 192 valence electrons. The first-order valence-corrected chi connectivity index (χ1v) is 12.3. The van der Waals surface area contributed by atoms with Gasteiger partial charge in [0.2, 0.25) is 0 Å². The number of aromatic nitrogens is 3. The van der Waals surface area contributed by atoms with Crippen LogP contribution in [0.3, 0.4) is 0 Å². The van der Waals surface area contributed by atoms with Gasteiger partial charge in [0.1, 0.15) is 26.8 Å². The quantitative estimate of drug-likeness (QED) is 0.240. The van der Waals surface area contributed by atoms with Gasteiger partial charge in [-0.2, -0.15) is 5.10 Å². The number of benzene rings is 2. The van der Waals surface area contributed by atoms with Crippen molar-refractivity contribution >= 4 is 50.7 Å². The number of thiophene rings is 1. The number of nitrogens with two attached hydrogens (primary N) is 1. The number of hydrogen-bond acceptors (Lipinski definition) is 6. The minimum Gasteiger partial charge on any atom is -0.471 e. The van der Waals surface area contributed by atoms with Gasteiger partial charge in [-0.25, -0.2) is 18.4 Å². The number of fused-ring (bicyclic) bond motifs is 1. The van der Waals surface area contributed by atoms with Crippen LogP contribution in [-0.4, -0.2) is 26.6 Å². The van der Waals surface area contributed by atoms with E-state index in [0.29, 0.717) is 27.3 Å². The number of halogens is 3. The predicted molar refractivity (Wildman–Crippen MR) is 141 cm³/mol. The number of pyridine rings is 1. The fourth-order valence-electron chi connectivity index (χ4n) is 3.84. The summed E-state index contributed by atoms with van der Waals surface area (Å²) in [5, 5.41) is 7.75. The minimum absolute atomic E-state index is 0.0204. The number of primary amides is 1. The highest BCUT2D eigenvalue weighted by atomic mass is 35.5. The van der Waals surface area contributed by atoms with Crippen LogP contribution in [0.4, 0.5) is 14.5 Å². The van der Waals surface area contributed by atoms with Crippen LogP contribution in [-0.2, 0) is 6.73 Å². The van der Waals surface area contributed by atoms with Crippen molar-refractivity contribution in [2.45, 2.75) is 13.2 Å². The molecule has 5 aromatic rings. The van der Waals surface area contributed by atoms with Gasteiger partial charge in [-0.3, -0.25) is 9.59 Å². The molecule has 3 heterocycles. The highest BCUT2D eigenvalue weighted by molar-refractivity contribution is 7.21. The third-order valence-corrected chi connectivity index (χ3v) is 6.92. The zero-order chi connectivity index (χ0) is 26.8. The molecule has 0 saturated carbocycles. The third kappa shape index (κ3) is 5.06. The van der Waals surface area contributed by atoms with Crippen molar-refractivity contribution in [3.8, 4) is 16.9 Å². The molecule has 2 amide bonds. The molecule has 38 heavy (non-hydrogen) atoms. The molecule has 5 rings (SSSR count). The van der Waals surface area contributed by atoms with Gasteiger partial charge < -0.3 is 15.8 Å². The first-order chi connectivity index (χ1) is 18.3. The maximum Gasteiger partial charge on any atom is 0.280 e. The Balaban J connectivity index is 1.54. The van der Waals surface area contributed by atoms with Crippen LogP contribution in [0.5, 0.6) is 5.75 Å². The zero-order valence-corrected chi connectivity index (χ0v) is 21.0. The SMILES string of the molecule is NC(=O)c1sc2nc(C(F)F)cc(-c3ccccc3)c2c1NC(=O)c1ccnn1COc1ccc(Cl)cc1. The van der Waals surface area contributed by atoms with Gasteiger partial charge in [-0.1, -0.05) is 41.9 Å². The smallest absolute Gasteiger partial charge is 0.280 e. The average molecular weight is 554 g/mol. The number of alkyl halides is 2. The molecular weight excluding hydrogens is 536 g/mol. The summed E-state index contributed by atoms with van der Waals surface area (Å²) in [6, 6.07) is 18.2. The largest absolute Gasteiger partial charge is 0.471 e. The Hall–Kier alpha value is -4.35. The Morgan fingerprint density at radius 1 is 1.11 bits per heavy atom. The fraction of sp³-hybridized carbons (Fsp3) is 0.0769. The molecule has 3 N–H and O–H groups in total. The molecule has 0 saturated heterocycles. The number of carbonyl (C=O) groups excluding carboxylic acids is 2. The summed E-state index contributed by atoms with van der Waals surface area (Å²) in [7, 11) is 0.